The molecule has 0 radical (unpaired) electrons. The lowest BCUT2D eigenvalue weighted by atomic mass is 9.96. The lowest BCUT2D eigenvalue weighted by molar-refractivity contribution is -0.123. The van der Waals surface area contributed by atoms with Gasteiger partial charge in [0.2, 0.25) is 5.91 Å². The van der Waals surface area contributed by atoms with Gasteiger partial charge in [0.15, 0.2) is 0 Å². The molecule has 0 unspecified atom stereocenters. The molecule has 1 aromatic heterocycles. The van der Waals surface area contributed by atoms with Gasteiger partial charge in [0.05, 0.1) is 5.69 Å². The Balaban J connectivity index is 1.82. The summed E-state index contributed by atoms with van der Waals surface area (Å²) >= 11 is 0. The van der Waals surface area contributed by atoms with Crippen molar-refractivity contribution in [2.75, 3.05) is 0 Å². The summed E-state index contributed by atoms with van der Waals surface area (Å²) in [5, 5.41) is 19.3. The number of primary amides is 1. The Kier molecular flexibility index (Phi) is 3.77. The lowest BCUT2D eigenvalue weighted by Gasteiger charge is -2.26. The highest BCUT2D eigenvalue weighted by atomic mass is 16.3. The van der Waals surface area contributed by atoms with Crippen molar-refractivity contribution in [3.63, 3.8) is 0 Å². The molecule has 1 aromatic carbocycles. The summed E-state index contributed by atoms with van der Waals surface area (Å²) < 4.78 is 0. The van der Waals surface area contributed by atoms with Gasteiger partial charge in [-0.15, -0.1) is 0 Å². The number of nitrogens with two attached hydrogens (primary N) is 1. The van der Waals surface area contributed by atoms with Crippen LogP contribution in [0.3, 0.4) is 0 Å². The van der Waals surface area contributed by atoms with Crippen LogP contribution in [-0.2, 0) is 4.79 Å². The predicted octanol–water partition coefficient (Wildman–Crippen LogP) is 1.31. The monoisotopic (exact) mass is 314 g/mol. The third kappa shape index (κ3) is 2.77. The molecule has 0 bridgehead atoms. The van der Waals surface area contributed by atoms with Gasteiger partial charge in [-0.1, -0.05) is 25.0 Å². The topological polar surface area (TPSA) is 121 Å². The van der Waals surface area contributed by atoms with E-state index in [1.165, 1.54) is 6.07 Å². The minimum Gasteiger partial charge on any atom is -0.507 e. The summed E-state index contributed by atoms with van der Waals surface area (Å²) in [6.07, 6.45) is 2.81. The summed E-state index contributed by atoms with van der Waals surface area (Å²) in [6.45, 7) is 0. The van der Waals surface area contributed by atoms with Crippen LogP contribution in [0.5, 0.6) is 5.75 Å². The van der Waals surface area contributed by atoms with Gasteiger partial charge in [0.1, 0.15) is 17.0 Å². The van der Waals surface area contributed by atoms with Gasteiger partial charge in [-0.25, -0.2) is 0 Å². The van der Waals surface area contributed by atoms with Crippen LogP contribution < -0.4 is 11.1 Å². The Hall–Kier alpha value is -2.83. The Bertz CT molecular complexity index is 747. The minimum atomic E-state index is -0.975. The maximum Gasteiger partial charge on any atom is 0.270 e. The summed E-state index contributed by atoms with van der Waals surface area (Å²) in [6, 6.07) is 8.26. The van der Waals surface area contributed by atoms with E-state index in [9.17, 15) is 14.7 Å². The van der Waals surface area contributed by atoms with Crippen LogP contribution in [0, 0.1) is 0 Å². The maximum atomic E-state index is 12.4. The van der Waals surface area contributed by atoms with Crippen molar-refractivity contribution in [2.24, 2.45) is 5.73 Å². The number of H-pyrrole nitrogens is 1. The summed E-state index contributed by atoms with van der Waals surface area (Å²) in [5.41, 5.74) is 5.68. The smallest absolute Gasteiger partial charge is 0.270 e. The highest BCUT2D eigenvalue weighted by molar-refractivity contribution is 5.98. The fourth-order valence-corrected chi connectivity index (χ4v) is 2.96. The van der Waals surface area contributed by atoms with E-state index in [1.807, 2.05) is 0 Å². The number of phenols is 1. The van der Waals surface area contributed by atoms with Crippen LogP contribution in [0.4, 0.5) is 0 Å². The van der Waals surface area contributed by atoms with Gasteiger partial charge in [0, 0.05) is 5.56 Å². The van der Waals surface area contributed by atoms with Gasteiger partial charge in [0.25, 0.3) is 5.91 Å². The number of nitrogens with one attached hydrogen (secondary N) is 2. The normalized spacial score (nSPS) is 16.2. The molecule has 1 aliphatic carbocycles. The maximum absolute atomic E-state index is 12.4. The molecule has 2 aromatic rings. The average Bonchev–Trinajstić information content (AvgIpc) is 3.17. The molecule has 7 heteroatoms. The second-order valence-electron chi connectivity index (χ2n) is 5.79. The first kappa shape index (κ1) is 15.1. The first-order chi connectivity index (χ1) is 11.0. The molecule has 0 atom stereocenters. The van der Waals surface area contributed by atoms with Gasteiger partial charge >= 0.3 is 0 Å². The number of aromatic nitrogens is 2. The zero-order valence-corrected chi connectivity index (χ0v) is 12.5. The number of hydrogen-bond donors (Lipinski definition) is 4. The molecule has 120 valence electrons. The highest BCUT2D eigenvalue weighted by Crippen LogP contribution is 2.30. The third-order valence-electron chi connectivity index (χ3n) is 4.28. The van der Waals surface area contributed by atoms with E-state index < -0.39 is 17.4 Å². The van der Waals surface area contributed by atoms with E-state index >= 15 is 0 Å². The van der Waals surface area contributed by atoms with E-state index in [1.54, 1.807) is 24.3 Å². The van der Waals surface area contributed by atoms with Crippen LogP contribution in [0.2, 0.25) is 0 Å². The number of nitrogens with zero attached hydrogens (tertiary/aromatic N) is 1. The number of para-hydroxylation sites is 1. The average molecular weight is 314 g/mol. The molecule has 1 aliphatic rings. The Morgan fingerprint density at radius 2 is 1.96 bits per heavy atom. The number of amides is 2. The van der Waals surface area contributed by atoms with Crippen molar-refractivity contribution in [3.05, 3.63) is 36.0 Å². The van der Waals surface area contributed by atoms with E-state index in [0.717, 1.165) is 12.8 Å². The predicted molar refractivity (Wildman–Crippen MR) is 83.5 cm³/mol. The van der Waals surface area contributed by atoms with Crippen LogP contribution in [0.1, 0.15) is 36.2 Å². The molecule has 0 aliphatic heterocycles. The summed E-state index contributed by atoms with van der Waals surface area (Å²) in [7, 11) is 0. The van der Waals surface area contributed by atoms with Crippen molar-refractivity contribution >= 4 is 11.8 Å². The number of carbonyl (C=O) groups excluding carboxylic acids is 2. The molecule has 2 amide bonds. The molecule has 5 N–H and O–H groups in total. The van der Waals surface area contributed by atoms with Gasteiger partial charge in [-0.3, -0.25) is 14.7 Å². The number of hydrogen-bond acceptors (Lipinski definition) is 4. The summed E-state index contributed by atoms with van der Waals surface area (Å²) in [5.74, 6) is -0.862. The molecule has 3 rings (SSSR count). The first-order valence-corrected chi connectivity index (χ1v) is 7.48. The standard InChI is InChI=1S/C16H18N4O3/c17-15(23)16(7-3-4-8-16)18-14(22)12-9-11(19-20-12)10-5-1-2-6-13(10)21/h1-2,5-6,9,21H,3-4,7-8H2,(H2,17,23)(H,18,22)(H,19,20). The number of aromatic amines is 1. The van der Waals surface area contributed by atoms with E-state index in [2.05, 4.69) is 15.5 Å². The lowest BCUT2D eigenvalue weighted by Crippen LogP contribution is -2.55. The Morgan fingerprint density at radius 1 is 1.26 bits per heavy atom. The van der Waals surface area contributed by atoms with Crippen LogP contribution in [0.15, 0.2) is 30.3 Å². The molecular weight excluding hydrogens is 296 g/mol. The van der Waals surface area contributed by atoms with E-state index in [-0.39, 0.29) is 11.4 Å². The molecule has 0 spiro atoms. The number of carbonyl (C=O) groups is 2. The van der Waals surface area contributed by atoms with Crippen molar-refractivity contribution in [1.82, 2.24) is 15.5 Å². The second kappa shape index (κ2) is 5.75. The van der Waals surface area contributed by atoms with Crippen LogP contribution in [0.25, 0.3) is 11.3 Å². The highest BCUT2D eigenvalue weighted by Gasteiger charge is 2.41. The Labute approximate surface area is 132 Å². The third-order valence-corrected chi connectivity index (χ3v) is 4.28. The minimum absolute atomic E-state index is 0.0790. The zero-order valence-electron chi connectivity index (χ0n) is 12.5. The molecule has 1 heterocycles. The SMILES string of the molecule is NC(=O)C1(NC(=O)c2cc(-c3ccccc3O)n[nH]2)CCCC1. The number of benzene rings is 1. The van der Waals surface area contributed by atoms with E-state index in [0.29, 0.717) is 24.1 Å². The van der Waals surface area contributed by atoms with Crippen molar-refractivity contribution in [1.29, 1.82) is 0 Å². The molecule has 0 saturated heterocycles. The van der Waals surface area contributed by atoms with Crippen molar-refractivity contribution in [2.45, 2.75) is 31.2 Å². The van der Waals surface area contributed by atoms with Crippen molar-refractivity contribution < 1.29 is 14.7 Å². The van der Waals surface area contributed by atoms with Crippen molar-refractivity contribution in [3.8, 4) is 17.0 Å². The largest absolute Gasteiger partial charge is 0.507 e. The van der Waals surface area contributed by atoms with Crippen LogP contribution >= 0.6 is 0 Å². The molecular formula is C16H18N4O3. The fraction of sp³-hybridized carbons (Fsp3) is 0.312. The molecule has 1 saturated carbocycles. The number of phenolic OH excluding ortho intramolecular Hbond substituents is 1. The Morgan fingerprint density at radius 3 is 2.61 bits per heavy atom. The van der Waals surface area contributed by atoms with E-state index in [4.69, 9.17) is 5.73 Å². The quantitative estimate of drug-likeness (QED) is 0.679. The first-order valence-electron chi connectivity index (χ1n) is 7.48. The van der Waals surface area contributed by atoms with Gasteiger partial charge < -0.3 is 16.2 Å². The molecule has 7 nitrogen and oxygen atoms in total. The van der Waals surface area contributed by atoms with Crippen LogP contribution in [-0.4, -0.2) is 32.7 Å². The zero-order chi connectivity index (χ0) is 16.4. The number of aromatic hydroxyl groups is 1. The summed E-state index contributed by atoms with van der Waals surface area (Å²) in [4.78, 5) is 24.1. The number of rotatable bonds is 4. The van der Waals surface area contributed by atoms with Gasteiger partial charge in [-0.05, 0) is 31.0 Å². The second-order valence-corrected chi connectivity index (χ2v) is 5.79. The molecule has 23 heavy (non-hydrogen) atoms. The fourth-order valence-electron chi connectivity index (χ4n) is 2.96. The molecule has 1 fully saturated rings. The van der Waals surface area contributed by atoms with Gasteiger partial charge in [-0.2, -0.15) is 5.10 Å².